The lowest BCUT2D eigenvalue weighted by molar-refractivity contribution is -0.133. The first-order valence-electron chi connectivity index (χ1n) is 12.2. The molecule has 1 N–H and O–H groups in total. The number of nitrogens with zero attached hydrogens (tertiary/aromatic N) is 2. The molecule has 2 aliphatic rings. The fourth-order valence-corrected chi connectivity index (χ4v) is 5.31. The molecule has 5 nitrogen and oxygen atoms in total. The first-order chi connectivity index (χ1) is 16.5. The first-order valence-corrected chi connectivity index (χ1v) is 13.4. The van der Waals surface area contributed by atoms with Crippen LogP contribution in [0.3, 0.4) is 0 Å². The van der Waals surface area contributed by atoms with E-state index in [2.05, 4.69) is 65.0 Å². The van der Waals surface area contributed by atoms with E-state index in [-0.39, 0.29) is 17.4 Å². The topological polar surface area (TPSA) is 52.7 Å². The molecule has 0 aliphatic carbocycles. The Morgan fingerprint density at radius 3 is 2.44 bits per heavy atom. The molecule has 4 rings (SSSR count). The van der Waals surface area contributed by atoms with Gasteiger partial charge in [0.25, 0.3) is 0 Å². The van der Waals surface area contributed by atoms with Gasteiger partial charge in [0.2, 0.25) is 11.8 Å². The van der Waals surface area contributed by atoms with Crippen LogP contribution in [0, 0.1) is 0 Å². The van der Waals surface area contributed by atoms with Gasteiger partial charge in [-0.15, -0.1) is 11.8 Å². The number of thioether (sulfide) groups is 1. The van der Waals surface area contributed by atoms with Gasteiger partial charge in [0.15, 0.2) is 0 Å². The lowest BCUT2D eigenvalue weighted by Gasteiger charge is -2.35. The number of piperazine rings is 1. The summed E-state index contributed by atoms with van der Waals surface area (Å²) in [6.07, 6.45) is 9.73. The van der Waals surface area contributed by atoms with Gasteiger partial charge in [-0.1, -0.05) is 54.6 Å². The van der Waals surface area contributed by atoms with E-state index >= 15 is 0 Å². The molecule has 1 atom stereocenters. The molecular formula is C28H35N3O2S. The maximum atomic E-state index is 13.0. The van der Waals surface area contributed by atoms with E-state index < -0.39 is 0 Å². The number of carbonyl (C=O) groups excluding carboxylic acids is 2. The van der Waals surface area contributed by atoms with Crippen molar-refractivity contribution in [2.45, 2.75) is 42.5 Å². The molecule has 2 fully saturated rings. The van der Waals surface area contributed by atoms with E-state index in [1.165, 1.54) is 16.0 Å². The molecule has 180 valence electrons. The molecule has 2 aromatic carbocycles. The van der Waals surface area contributed by atoms with Gasteiger partial charge in [-0.25, -0.2) is 0 Å². The van der Waals surface area contributed by atoms with Crippen LogP contribution in [0.25, 0.3) is 6.08 Å². The summed E-state index contributed by atoms with van der Waals surface area (Å²) < 4.78 is 0. The smallest absolute Gasteiger partial charge is 0.222 e. The van der Waals surface area contributed by atoms with E-state index in [1.807, 2.05) is 23.1 Å². The Morgan fingerprint density at radius 1 is 1.06 bits per heavy atom. The number of rotatable bonds is 9. The van der Waals surface area contributed by atoms with Gasteiger partial charge >= 0.3 is 0 Å². The van der Waals surface area contributed by atoms with Crippen LogP contribution < -0.4 is 5.32 Å². The highest BCUT2D eigenvalue weighted by Crippen LogP contribution is 2.30. The van der Waals surface area contributed by atoms with Crippen molar-refractivity contribution in [1.29, 1.82) is 0 Å². The van der Waals surface area contributed by atoms with E-state index in [9.17, 15) is 9.59 Å². The molecule has 0 bridgehead atoms. The van der Waals surface area contributed by atoms with E-state index in [4.69, 9.17) is 0 Å². The standard InChI is InChI=1S/C28H35N3O2S/c1-34-25-11-9-24(10-12-25)22-28(15-13-26(32)29-28)16-14-27(33)31-20-18-30(19-21-31)17-5-8-23-6-3-2-4-7-23/h2-12H,13-22H2,1H3,(H,29,32). The van der Waals surface area contributed by atoms with Crippen LogP contribution in [-0.2, 0) is 16.0 Å². The molecule has 0 radical (unpaired) electrons. The fraction of sp³-hybridized carbons (Fsp3) is 0.429. The van der Waals surface area contributed by atoms with Gasteiger partial charge in [-0.2, -0.15) is 0 Å². The maximum Gasteiger partial charge on any atom is 0.222 e. The van der Waals surface area contributed by atoms with Crippen molar-refractivity contribution in [3.8, 4) is 0 Å². The fourth-order valence-electron chi connectivity index (χ4n) is 4.90. The Kier molecular flexibility index (Phi) is 8.46. The van der Waals surface area contributed by atoms with Gasteiger partial charge in [-0.05, 0) is 48.8 Å². The third-order valence-electron chi connectivity index (χ3n) is 6.95. The first kappa shape index (κ1) is 24.6. The lowest BCUT2D eigenvalue weighted by Crippen LogP contribution is -2.49. The quantitative estimate of drug-likeness (QED) is 0.549. The number of amides is 2. The molecular weight excluding hydrogens is 442 g/mol. The van der Waals surface area contributed by atoms with Crippen LogP contribution in [0.1, 0.15) is 36.8 Å². The van der Waals surface area contributed by atoms with Crippen LogP contribution in [0.15, 0.2) is 65.6 Å². The molecule has 6 heteroatoms. The largest absolute Gasteiger partial charge is 0.350 e. The molecule has 2 heterocycles. The second-order valence-electron chi connectivity index (χ2n) is 9.35. The zero-order valence-electron chi connectivity index (χ0n) is 20.0. The number of benzene rings is 2. The van der Waals surface area contributed by atoms with Gasteiger partial charge in [-0.3, -0.25) is 14.5 Å². The summed E-state index contributed by atoms with van der Waals surface area (Å²) in [4.78, 5) is 30.7. The van der Waals surface area contributed by atoms with Crippen molar-refractivity contribution in [3.05, 3.63) is 71.8 Å². The SMILES string of the molecule is CSc1ccc(CC2(CCC(=O)N3CCN(CC=Cc4ccccc4)CC3)CCC(=O)N2)cc1. The Hall–Kier alpha value is -2.57. The molecule has 2 saturated heterocycles. The molecule has 2 aliphatic heterocycles. The molecule has 0 spiro atoms. The summed E-state index contributed by atoms with van der Waals surface area (Å²) in [6.45, 7) is 4.24. The summed E-state index contributed by atoms with van der Waals surface area (Å²) in [5.41, 5.74) is 2.12. The van der Waals surface area contributed by atoms with Crippen molar-refractivity contribution in [2.75, 3.05) is 39.0 Å². The second kappa shape index (κ2) is 11.7. The van der Waals surface area contributed by atoms with Crippen LogP contribution in [0.5, 0.6) is 0 Å². The van der Waals surface area contributed by atoms with Gasteiger partial charge in [0, 0.05) is 56.0 Å². The molecule has 1 unspecified atom stereocenters. The Balaban J connectivity index is 1.25. The van der Waals surface area contributed by atoms with Crippen molar-refractivity contribution >= 4 is 29.7 Å². The van der Waals surface area contributed by atoms with Crippen LogP contribution >= 0.6 is 11.8 Å². The number of carbonyl (C=O) groups is 2. The number of hydrogen-bond acceptors (Lipinski definition) is 4. The molecule has 2 amide bonds. The Bertz CT molecular complexity index is 984. The van der Waals surface area contributed by atoms with Gasteiger partial charge in [0.1, 0.15) is 0 Å². The summed E-state index contributed by atoms with van der Waals surface area (Å²) in [5, 5.41) is 3.22. The molecule has 2 aromatic rings. The third-order valence-corrected chi connectivity index (χ3v) is 7.70. The zero-order chi connectivity index (χ0) is 23.8. The minimum atomic E-state index is -0.308. The molecule has 34 heavy (non-hydrogen) atoms. The Labute approximate surface area is 207 Å². The molecule has 0 aromatic heterocycles. The van der Waals surface area contributed by atoms with E-state index in [1.54, 1.807) is 11.8 Å². The number of nitrogens with one attached hydrogen (secondary N) is 1. The van der Waals surface area contributed by atoms with E-state index in [0.717, 1.165) is 45.6 Å². The Morgan fingerprint density at radius 2 is 1.79 bits per heavy atom. The zero-order valence-corrected chi connectivity index (χ0v) is 20.9. The highest BCUT2D eigenvalue weighted by molar-refractivity contribution is 7.98. The summed E-state index contributed by atoms with van der Waals surface area (Å²) in [7, 11) is 0. The lowest BCUT2D eigenvalue weighted by atomic mass is 9.85. The average molecular weight is 478 g/mol. The van der Waals surface area contributed by atoms with Crippen molar-refractivity contribution < 1.29 is 9.59 Å². The van der Waals surface area contributed by atoms with E-state index in [0.29, 0.717) is 19.3 Å². The minimum Gasteiger partial charge on any atom is -0.350 e. The predicted octanol–water partition coefficient (Wildman–Crippen LogP) is 4.24. The van der Waals surface area contributed by atoms with Gasteiger partial charge in [0.05, 0.1) is 0 Å². The summed E-state index contributed by atoms with van der Waals surface area (Å²) in [6, 6.07) is 18.9. The van der Waals surface area contributed by atoms with Crippen LogP contribution in [0.2, 0.25) is 0 Å². The minimum absolute atomic E-state index is 0.102. The van der Waals surface area contributed by atoms with Crippen LogP contribution in [-0.4, -0.2) is 66.1 Å². The summed E-state index contributed by atoms with van der Waals surface area (Å²) >= 11 is 1.73. The number of hydrogen-bond donors (Lipinski definition) is 1. The van der Waals surface area contributed by atoms with Crippen molar-refractivity contribution in [1.82, 2.24) is 15.1 Å². The molecule has 0 saturated carbocycles. The average Bonchev–Trinajstić information content (AvgIpc) is 3.24. The summed E-state index contributed by atoms with van der Waals surface area (Å²) in [5.74, 6) is 0.308. The second-order valence-corrected chi connectivity index (χ2v) is 10.2. The van der Waals surface area contributed by atoms with Gasteiger partial charge < -0.3 is 10.2 Å². The highest BCUT2D eigenvalue weighted by atomic mass is 32.2. The monoisotopic (exact) mass is 477 g/mol. The highest BCUT2D eigenvalue weighted by Gasteiger charge is 2.38. The van der Waals surface area contributed by atoms with Crippen LogP contribution in [0.4, 0.5) is 0 Å². The maximum absolute atomic E-state index is 13.0. The van der Waals surface area contributed by atoms with Crippen molar-refractivity contribution in [3.63, 3.8) is 0 Å². The predicted molar refractivity (Wildman–Crippen MR) is 140 cm³/mol. The normalized spacial score (nSPS) is 21.2. The van der Waals surface area contributed by atoms with Crippen molar-refractivity contribution in [2.24, 2.45) is 0 Å². The third kappa shape index (κ3) is 6.73.